The maximum atomic E-state index is 13.0. The highest BCUT2D eigenvalue weighted by Crippen LogP contribution is 2.38. The highest BCUT2D eigenvalue weighted by molar-refractivity contribution is 7.21. The molecule has 7 heteroatoms. The maximum absolute atomic E-state index is 13.0. The number of rotatable bonds is 1. The molecule has 3 nitrogen and oxygen atoms in total. The molecule has 2 aromatic rings. The monoisotopic (exact) mass is 404 g/mol. The Bertz CT molecular complexity index is 750. The number of nitrogens with one attached hydrogen (secondary N) is 1. The van der Waals surface area contributed by atoms with Gasteiger partial charge in [0.25, 0.3) is 5.91 Å². The molecule has 0 bridgehead atoms. The Morgan fingerprint density at radius 2 is 1.83 bits per heavy atom. The van der Waals surface area contributed by atoms with Crippen molar-refractivity contribution in [2.24, 2.45) is 11.8 Å². The average molecular weight is 406 g/mol. The van der Waals surface area contributed by atoms with Gasteiger partial charge in [0.15, 0.2) is 0 Å². The number of benzene rings is 1. The standard InChI is InChI=1S/C17H18Cl2N2OS.ClH/c18-12-1-2-13-14(7-12)23-16(15(13)19)17(22)21-5-3-10-8-20-9-11(10)4-6-21;/h1-2,7,10-11,20H,3-6,8-9H2;1H/t10-,11+;. The molecule has 1 N–H and O–H groups in total. The number of thiophene rings is 1. The molecule has 1 aromatic carbocycles. The fraction of sp³-hybridized carbons (Fsp3) is 0.471. The van der Waals surface area contributed by atoms with Crippen molar-refractivity contribution in [1.82, 2.24) is 10.2 Å². The molecular formula is C17H19Cl3N2OS. The highest BCUT2D eigenvalue weighted by Gasteiger charge is 2.32. The smallest absolute Gasteiger partial charge is 0.265 e. The molecule has 1 aromatic heterocycles. The molecular weight excluding hydrogens is 387 g/mol. The number of carbonyl (C=O) groups excluding carboxylic acids is 1. The van der Waals surface area contributed by atoms with Crippen molar-refractivity contribution in [2.45, 2.75) is 12.8 Å². The molecule has 130 valence electrons. The molecule has 0 spiro atoms. The van der Waals surface area contributed by atoms with E-state index in [2.05, 4.69) is 5.32 Å². The zero-order valence-corrected chi connectivity index (χ0v) is 16.2. The molecule has 0 aliphatic carbocycles. The number of halogens is 3. The second-order valence-corrected chi connectivity index (χ2v) is 8.30. The van der Waals surface area contributed by atoms with Crippen LogP contribution in [0.25, 0.3) is 10.1 Å². The zero-order valence-electron chi connectivity index (χ0n) is 13.1. The van der Waals surface area contributed by atoms with Crippen LogP contribution in [0.2, 0.25) is 10.0 Å². The Labute approximate surface area is 161 Å². The summed E-state index contributed by atoms with van der Waals surface area (Å²) < 4.78 is 0.974. The maximum Gasteiger partial charge on any atom is 0.265 e. The number of likely N-dealkylation sites (tertiary alicyclic amines) is 1. The minimum atomic E-state index is 0. The van der Waals surface area contributed by atoms with Gasteiger partial charge in [-0.05, 0) is 49.9 Å². The predicted molar refractivity (Wildman–Crippen MR) is 104 cm³/mol. The van der Waals surface area contributed by atoms with E-state index in [4.69, 9.17) is 23.2 Å². The van der Waals surface area contributed by atoms with Crippen LogP contribution in [-0.2, 0) is 0 Å². The van der Waals surface area contributed by atoms with Gasteiger partial charge in [0.1, 0.15) is 4.88 Å². The fourth-order valence-corrected chi connectivity index (χ4v) is 5.50. The van der Waals surface area contributed by atoms with Crippen LogP contribution in [0.3, 0.4) is 0 Å². The number of carbonyl (C=O) groups is 1. The summed E-state index contributed by atoms with van der Waals surface area (Å²) in [5, 5.41) is 5.62. The minimum Gasteiger partial charge on any atom is -0.338 e. The van der Waals surface area contributed by atoms with Gasteiger partial charge in [-0.3, -0.25) is 4.79 Å². The molecule has 2 aliphatic heterocycles. The Balaban J connectivity index is 0.00000169. The number of amides is 1. The summed E-state index contributed by atoms with van der Waals surface area (Å²) in [6.45, 7) is 3.84. The minimum absolute atomic E-state index is 0. The van der Waals surface area contributed by atoms with Crippen molar-refractivity contribution in [1.29, 1.82) is 0 Å². The van der Waals surface area contributed by atoms with Crippen molar-refractivity contribution in [3.05, 3.63) is 33.1 Å². The van der Waals surface area contributed by atoms with Crippen LogP contribution < -0.4 is 5.32 Å². The van der Waals surface area contributed by atoms with Crippen LogP contribution in [0.5, 0.6) is 0 Å². The summed E-state index contributed by atoms with van der Waals surface area (Å²) in [6, 6.07) is 5.59. The largest absolute Gasteiger partial charge is 0.338 e. The molecule has 2 saturated heterocycles. The molecule has 0 radical (unpaired) electrons. The second-order valence-electron chi connectivity index (χ2n) is 6.43. The Morgan fingerprint density at radius 1 is 1.17 bits per heavy atom. The lowest BCUT2D eigenvalue weighted by Gasteiger charge is -2.20. The summed E-state index contributed by atoms with van der Waals surface area (Å²) in [5.74, 6) is 1.49. The normalized spacial score (nSPS) is 23.7. The summed E-state index contributed by atoms with van der Waals surface area (Å²) >= 11 is 14.0. The lowest BCUT2D eigenvalue weighted by atomic mass is 9.92. The first kappa shape index (κ1) is 18.3. The van der Waals surface area contributed by atoms with Crippen LogP contribution in [0.15, 0.2) is 18.2 Å². The summed E-state index contributed by atoms with van der Waals surface area (Å²) in [6.07, 6.45) is 2.16. The van der Waals surface area contributed by atoms with Crippen molar-refractivity contribution in [3.8, 4) is 0 Å². The van der Waals surface area contributed by atoms with E-state index in [-0.39, 0.29) is 18.3 Å². The molecule has 1 amide bonds. The fourth-order valence-electron chi connectivity index (χ4n) is 3.74. The predicted octanol–water partition coefficient (Wildman–Crippen LogP) is 4.70. The van der Waals surface area contributed by atoms with Crippen molar-refractivity contribution in [2.75, 3.05) is 26.2 Å². The number of hydrogen-bond acceptors (Lipinski definition) is 3. The molecule has 0 saturated carbocycles. The third-order valence-electron chi connectivity index (χ3n) is 5.09. The Morgan fingerprint density at radius 3 is 2.50 bits per heavy atom. The summed E-state index contributed by atoms with van der Waals surface area (Å²) in [4.78, 5) is 15.6. The van der Waals surface area contributed by atoms with E-state index in [0.717, 1.165) is 49.1 Å². The molecule has 2 fully saturated rings. The van der Waals surface area contributed by atoms with Gasteiger partial charge in [0.2, 0.25) is 0 Å². The van der Waals surface area contributed by atoms with Crippen LogP contribution in [-0.4, -0.2) is 37.0 Å². The highest BCUT2D eigenvalue weighted by atomic mass is 35.5. The molecule has 2 atom stereocenters. The van der Waals surface area contributed by atoms with Gasteiger partial charge in [-0.25, -0.2) is 0 Å². The van der Waals surface area contributed by atoms with E-state index in [1.54, 1.807) is 0 Å². The third-order valence-corrected chi connectivity index (χ3v) is 6.97. The number of fused-ring (bicyclic) bond motifs is 2. The van der Waals surface area contributed by atoms with Gasteiger partial charge >= 0.3 is 0 Å². The lowest BCUT2D eigenvalue weighted by molar-refractivity contribution is 0.0763. The van der Waals surface area contributed by atoms with E-state index >= 15 is 0 Å². The van der Waals surface area contributed by atoms with Gasteiger partial charge < -0.3 is 10.2 Å². The van der Waals surface area contributed by atoms with Crippen LogP contribution in [0.4, 0.5) is 0 Å². The molecule has 4 rings (SSSR count). The lowest BCUT2D eigenvalue weighted by Crippen LogP contribution is -2.32. The van der Waals surface area contributed by atoms with E-state index in [9.17, 15) is 4.79 Å². The SMILES string of the molecule is Cl.O=C(c1sc2cc(Cl)ccc2c1Cl)N1CC[C@@H]2CNC[C@@H]2CC1. The van der Waals surface area contributed by atoms with Crippen molar-refractivity contribution < 1.29 is 4.79 Å². The van der Waals surface area contributed by atoms with Crippen LogP contribution >= 0.6 is 46.9 Å². The zero-order chi connectivity index (χ0) is 16.0. The topological polar surface area (TPSA) is 32.3 Å². The van der Waals surface area contributed by atoms with E-state index < -0.39 is 0 Å². The van der Waals surface area contributed by atoms with Gasteiger partial charge in [-0.1, -0.05) is 29.3 Å². The van der Waals surface area contributed by atoms with Gasteiger partial charge in [0.05, 0.1) is 5.02 Å². The Hall–Kier alpha value is -0.520. The first-order valence-electron chi connectivity index (χ1n) is 8.01. The van der Waals surface area contributed by atoms with E-state index in [1.807, 2.05) is 23.1 Å². The first-order chi connectivity index (χ1) is 11.1. The van der Waals surface area contributed by atoms with E-state index in [1.165, 1.54) is 11.3 Å². The van der Waals surface area contributed by atoms with Gasteiger partial charge in [-0.2, -0.15) is 0 Å². The third kappa shape index (κ3) is 3.27. The first-order valence-corrected chi connectivity index (χ1v) is 9.58. The van der Waals surface area contributed by atoms with Gasteiger partial charge in [-0.15, -0.1) is 23.7 Å². The average Bonchev–Trinajstić information content (AvgIpc) is 3.05. The molecule has 2 aliphatic rings. The van der Waals surface area contributed by atoms with Crippen molar-refractivity contribution >= 4 is 62.9 Å². The number of nitrogens with zero attached hydrogens (tertiary/aromatic N) is 1. The summed E-state index contributed by atoms with van der Waals surface area (Å²) in [5.41, 5.74) is 0. The quantitative estimate of drug-likeness (QED) is 0.745. The van der Waals surface area contributed by atoms with Crippen LogP contribution in [0.1, 0.15) is 22.5 Å². The molecule has 3 heterocycles. The summed E-state index contributed by atoms with van der Waals surface area (Å²) in [7, 11) is 0. The Kier molecular flexibility index (Phi) is 5.62. The number of hydrogen-bond donors (Lipinski definition) is 1. The van der Waals surface area contributed by atoms with Crippen LogP contribution in [0, 0.1) is 11.8 Å². The second kappa shape index (κ2) is 7.38. The van der Waals surface area contributed by atoms with Gasteiger partial charge in [0, 0.05) is 28.2 Å². The molecule has 0 unspecified atom stereocenters. The van der Waals surface area contributed by atoms with E-state index in [0.29, 0.717) is 26.8 Å². The van der Waals surface area contributed by atoms with Crippen molar-refractivity contribution in [3.63, 3.8) is 0 Å². The molecule has 24 heavy (non-hydrogen) atoms.